The molecule has 0 radical (unpaired) electrons. The topological polar surface area (TPSA) is 56.3 Å². The number of nitrogens with zero attached hydrogens (tertiary/aromatic N) is 3. The maximum atomic E-state index is 12.8. The molecule has 0 aliphatic carbocycles. The number of nitrogens with two attached hydrogens (primary N) is 1. The fourth-order valence-corrected chi connectivity index (χ4v) is 2.49. The van der Waals surface area contributed by atoms with Gasteiger partial charge in [-0.25, -0.2) is 9.07 Å². The average Bonchev–Trinajstić information content (AvgIpc) is 2.66. The van der Waals surface area contributed by atoms with Gasteiger partial charge in [-0.1, -0.05) is 0 Å². The second-order valence-electron chi connectivity index (χ2n) is 4.13. The highest BCUT2D eigenvalue weighted by atomic mass is 32.2. The summed E-state index contributed by atoms with van der Waals surface area (Å²) in [5.74, 6) is 0.737. The van der Waals surface area contributed by atoms with Gasteiger partial charge >= 0.3 is 0 Å². The highest BCUT2D eigenvalue weighted by Crippen LogP contribution is 2.30. The summed E-state index contributed by atoms with van der Waals surface area (Å²) in [6, 6.07) is 0.232. The zero-order chi connectivity index (χ0) is 11.1. The smallest absolute Gasteiger partial charge is 0.227 e. The molecule has 2 N–H and O–H groups in total. The van der Waals surface area contributed by atoms with Gasteiger partial charge in [0.25, 0.3) is 0 Å². The van der Waals surface area contributed by atoms with E-state index in [9.17, 15) is 4.39 Å². The minimum absolute atomic E-state index is 0.232. The van der Waals surface area contributed by atoms with Gasteiger partial charge in [-0.3, -0.25) is 10.0 Å². The van der Waals surface area contributed by atoms with Crippen LogP contribution in [-0.2, 0) is 6.54 Å². The molecule has 3 rings (SSSR count). The molecule has 0 bridgehead atoms. The monoisotopic (exact) mass is 244 g/mol. The maximum absolute atomic E-state index is 12.8. The standard InChI is InChI=1S/C9H13FN4OS/c10-6-2-13(3-6)7-4-14-9(15-5-7)8(16-11)1-12-14/h1,6-7H,2-5,11H2. The number of hydrogen-bond acceptors (Lipinski definition) is 5. The summed E-state index contributed by atoms with van der Waals surface area (Å²) in [6.45, 7) is 2.38. The number of aromatic nitrogens is 2. The highest BCUT2D eigenvalue weighted by Gasteiger charge is 2.35. The van der Waals surface area contributed by atoms with E-state index in [0.29, 0.717) is 19.7 Å². The van der Waals surface area contributed by atoms with E-state index in [1.807, 2.05) is 0 Å². The maximum Gasteiger partial charge on any atom is 0.227 e. The Bertz CT molecular complexity index is 393. The Morgan fingerprint density at radius 3 is 3.00 bits per heavy atom. The van der Waals surface area contributed by atoms with Crippen molar-refractivity contribution in [3.05, 3.63) is 6.20 Å². The number of fused-ring (bicyclic) bond motifs is 1. The van der Waals surface area contributed by atoms with Gasteiger partial charge in [0.2, 0.25) is 5.88 Å². The molecule has 2 aliphatic rings. The molecule has 1 unspecified atom stereocenters. The van der Waals surface area contributed by atoms with Gasteiger partial charge in [0.05, 0.1) is 18.8 Å². The Balaban J connectivity index is 1.72. The highest BCUT2D eigenvalue weighted by molar-refractivity contribution is 7.97. The Morgan fingerprint density at radius 2 is 2.31 bits per heavy atom. The molecule has 1 atom stereocenters. The molecular weight excluding hydrogens is 231 g/mol. The first-order chi connectivity index (χ1) is 7.78. The van der Waals surface area contributed by atoms with Crippen LogP contribution in [0, 0.1) is 0 Å². The predicted octanol–water partition coefficient (Wildman–Crippen LogP) is 0.264. The fourth-order valence-electron chi connectivity index (χ4n) is 2.12. The largest absolute Gasteiger partial charge is 0.475 e. The van der Waals surface area contributed by atoms with Crippen LogP contribution in [0.4, 0.5) is 4.39 Å². The molecule has 2 aliphatic heterocycles. The molecule has 88 valence electrons. The van der Waals surface area contributed by atoms with E-state index in [1.54, 1.807) is 10.9 Å². The summed E-state index contributed by atoms with van der Waals surface area (Å²) < 4.78 is 20.2. The lowest BCUT2D eigenvalue weighted by Crippen LogP contribution is -2.57. The summed E-state index contributed by atoms with van der Waals surface area (Å²) in [5.41, 5.74) is 0. The number of hydrogen-bond donors (Lipinski definition) is 1. The van der Waals surface area contributed by atoms with E-state index in [0.717, 1.165) is 29.3 Å². The fraction of sp³-hybridized carbons (Fsp3) is 0.667. The van der Waals surface area contributed by atoms with Crippen molar-refractivity contribution in [1.29, 1.82) is 0 Å². The number of ether oxygens (including phenoxy) is 1. The molecule has 7 heteroatoms. The minimum Gasteiger partial charge on any atom is -0.475 e. The van der Waals surface area contributed by atoms with Crippen molar-refractivity contribution in [3.8, 4) is 5.88 Å². The van der Waals surface area contributed by atoms with Crippen molar-refractivity contribution >= 4 is 11.9 Å². The molecule has 0 amide bonds. The normalized spacial score (nSPS) is 26.0. The van der Waals surface area contributed by atoms with Crippen LogP contribution in [0.15, 0.2) is 11.1 Å². The van der Waals surface area contributed by atoms with E-state index in [1.165, 1.54) is 0 Å². The van der Waals surface area contributed by atoms with Crippen molar-refractivity contribution in [3.63, 3.8) is 0 Å². The van der Waals surface area contributed by atoms with Crippen LogP contribution in [-0.4, -0.2) is 46.6 Å². The van der Waals surface area contributed by atoms with Gasteiger partial charge in [0.15, 0.2) is 0 Å². The van der Waals surface area contributed by atoms with Crippen LogP contribution in [0.5, 0.6) is 5.88 Å². The third-order valence-electron chi connectivity index (χ3n) is 3.06. The Hall–Kier alpha value is -0.790. The van der Waals surface area contributed by atoms with Gasteiger partial charge < -0.3 is 4.74 Å². The Labute approximate surface area is 96.9 Å². The van der Waals surface area contributed by atoms with E-state index in [2.05, 4.69) is 10.00 Å². The van der Waals surface area contributed by atoms with E-state index in [4.69, 9.17) is 9.88 Å². The molecule has 16 heavy (non-hydrogen) atoms. The summed E-state index contributed by atoms with van der Waals surface area (Å²) in [6.07, 6.45) is 1.03. The average molecular weight is 244 g/mol. The Morgan fingerprint density at radius 1 is 1.50 bits per heavy atom. The predicted molar refractivity (Wildman–Crippen MR) is 58.0 cm³/mol. The minimum atomic E-state index is -0.672. The van der Waals surface area contributed by atoms with Gasteiger partial charge in [-0.05, 0) is 11.9 Å². The molecule has 0 aromatic carbocycles. The summed E-state index contributed by atoms with van der Waals surface area (Å²) in [5, 5.41) is 9.70. The molecule has 1 fully saturated rings. The number of halogens is 1. The zero-order valence-corrected chi connectivity index (χ0v) is 9.49. The van der Waals surface area contributed by atoms with Crippen LogP contribution >= 0.6 is 11.9 Å². The number of rotatable bonds is 2. The van der Waals surface area contributed by atoms with Gasteiger partial charge in [-0.2, -0.15) is 5.10 Å². The summed E-state index contributed by atoms with van der Waals surface area (Å²) >= 11 is 1.14. The first-order valence-corrected chi connectivity index (χ1v) is 6.09. The van der Waals surface area contributed by atoms with Crippen LogP contribution < -0.4 is 9.88 Å². The van der Waals surface area contributed by atoms with Gasteiger partial charge in [-0.15, -0.1) is 0 Å². The third-order valence-corrected chi connectivity index (χ3v) is 3.60. The number of alkyl halides is 1. The molecule has 1 saturated heterocycles. The van der Waals surface area contributed by atoms with Crippen molar-refractivity contribution in [2.24, 2.45) is 5.14 Å². The molecular formula is C9H13FN4OS. The quantitative estimate of drug-likeness (QED) is 0.756. The van der Waals surface area contributed by atoms with Crippen LogP contribution in [0.3, 0.4) is 0 Å². The second-order valence-corrected chi connectivity index (χ2v) is 4.81. The first-order valence-electron chi connectivity index (χ1n) is 5.21. The molecule has 1 aromatic rings. The summed E-state index contributed by atoms with van der Waals surface area (Å²) in [4.78, 5) is 2.94. The lowest BCUT2D eigenvalue weighted by molar-refractivity contribution is -0.0113. The van der Waals surface area contributed by atoms with Crippen molar-refractivity contribution in [1.82, 2.24) is 14.7 Å². The van der Waals surface area contributed by atoms with Crippen molar-refractivity contribution in [2.45, 2.75) is 23.7 Å². The van der Waals surface area contributed by atoms with E-state index in [-0.39, 0.29) is 6.04 Å². The van der Waals surface area contributed by atoms with Crippen molar-refractivity contribution < 1.29 is 9.13 Å². The molecule has 5 nitrogen and oxygen atoms in total. The van der Waals surface area contributed by atoms with E-state index >= 15 is 0 Å². The third kappa shape index (κ3) is 1.59. The summed E-state index contributed by atoms with van der Waals surface area (Å²) in [7, 11) is 0. The molecule has 3 heterocycles. The van der Waals surface area contributed by atoms with Crippen LogP contribution in [0.1, 0.15) is 0 Å². The second kappa shape index (κ2) is 3.90. The van der Waals surface area contributed by atoms with Crippen LogP contribution in [0.25, 0.3) is 0 Å². The van der Waals surface area contributed by atoms with E-state index < -0.39 is 6.17 Å². The molecule has 0 spiro atoms. The van der Waals surface area contributed by atoms with Crippen molar-refractivity contribution in [2.75, 3.05) is 19.7 Å². The first kappa shape index (κ1) is 10.4. The number of likely N-dealkylation sites (tertiary alicyclic amines) is 1. The molecule has 1 aromatic heterocycles. The lowest BCUT2D eigenvalue weighted by atomic mass is 10.1. The SMILES string of the molecule is NSc1cnn2c1OCC(N1CC(F)C1)C2. The van der Waals surface area contributed by atoms with Gasteiger partial charge in [0, 0.05) is 13.1 Å². The zero-order valence-electron chi connectivity index (χ0n) is 8.67. The molecule has 0 saturated carbocycles. The Kier molecular flexibility index (Phi) is 2.53. The van der Waals surface area contributed by atoms with Gasteiger partial charge in [0.1, 0.15) is 17.7 Å². The van der Waals surface area contributed by atoms with Crippen LogP contribution in [0.2, 0.25) is 0 Å². The lowest BCUT2D eigenvalue weighted by Gasteiger charge is -2.41.